The van der Waals surface area contributed by atoms with Crippen molar-refractivity contribution in [3.8, 4) is 0 Å². The van der Waals surface area contributed by atoms with Gasteiger partial charge in [-0.05, 0) is 25.5 Å². The molecule has 2 atom stereocenters. The Morgan fingerprint density at radius 3 is 2.84 bits per heavy atom. The fraction of sp³-hybridized carbons (Fsp3) is 0.444. The van der Waals surface area contributed by atoms with Crippen LogP contribution in [0.15, 0.2) is 27.7 Å². The molecule has 0 aromatic carbocycles. The van der Waals surface area contributed by atoms with Gasteiger partial charge in [0.25, 0.3) is 5.91 Å². The number of nitrogens with two attached hydrogens (primary N) is 1. The second-order valence-corrected chi connectivity index (χ2v) is 8.37. The van der Waals surface area contributed by atoms with Crippen LogP contribution in [0.1, 0.15) is 41.2 Å². The average molecular weight is 479 g/mol. The number of amidine groups is 1. The van der Waals surface area contributed by atoms with Gasteiger partial charge in [-0.2, -0.15) is 22.0 Å². The monoisotopic (exact) mass is 479 g/mol. The summed E-state index contributed by atoms with van der Waals surface area (Å²) in [7, 11) is 0. The predicted molar refractivity (Wildman–Crippen MR) is 105 cm³/mol. The van der Waals surface area contributed by atoms with Crippen LogP contribution in [-0.4, -0.2) is 39.5 Å². The van der Waals surface area contributed by atoms with Gasteiger partial charge in [-0.25, -0.2) is 9.98 Å². The highest BCUT2D eigenvalue weighted by Crippen LogP contribution is 2.39. The highest BCUT2D eigenvalue weighted by atomic mass is 32.2. The topological polar surface area (TPSA) is 116 Å². The summed E-state index contributed by atoms with van der Waals surface area (Å²) in [6, 6.07) is 2.78. The third-order valence-electron chi connectivity index (χ3n) is 4.45. The lowest BCUT2D eigenvalue weighted by molar-refractivity contribution is -0.153. The van der Waals surface area contributed by atoms with Crippen molar-refractivity contribution in [1.82, 2.24) is 9.97 Å². The first-order valence-corrected chi connectivity index (χ1v) is 9.99. The van der Waals surface area contributed by atoms with E-state index in [1.165, 1.54) is 25.3 Å². The van der Waals surface area contributed by atoms with E-state index in [4.69, 9.17) is 5.73 Å². The number of amides is 1. The van der Waals surface area contributed by atoms with Gasteiger partial charge in [0.15, 0.2) is 16.8 Å². The van der Waals surface area contributed by atoms with Gasteiger partial charge in [-0.3, -0.25) is 9.78 Å². The fourth-order valence-electron chi connectivity index (χ4n) is 3.17. The van der Waals surface area contributed by atoms with Gasteiger partial charge in [-0.1, -0.05) is 11.8 Å². The Hall–Kier alpha value is -2.74. The van der Waals surface area contributed by atoms with E-state index in [0.29, 0.717) is 5.69 Å². The molecule has 3 N–H and O–H groups in total. The summed E-state index contributed by atoms with van der Waals surface area (Å²) in [6.07, 6.45) is -3.32. The van der Waals surface area contributed by atoms with Crippen molar-refractivity contribution in [3.05, 3.63) is 41.4 Å². The molecule has 0 saturated carbocycles. The summed E-state index contributed by atoms with van der Waals surface area (Å²) in [4.78, 5) is 24.5. The molecule has 0 aliphatic carbocycles. The van der Waals surface area contributed by atoms with Crippen molar-refractivity contribution in [2.24, 2.45) is 10.7 Å². The molecule has 3 heterocycles. The molecule has 1 aliphatic heterocycles. The lowest BCUT2D eigenvalue weighted by Crippen LogP contribution is -2.36. The molecule has 2 aromatic rings. The number of aliphatic imine (C=N–C) groups is 1. The molecule has 0 radical (unpaired) electrons. The normalized spacial score (nSPS) is 21.5. The van der Waals surface area contributed by atoms with E-state index in [1.807, 2.05) is 0 Å². The summed E-state index contributed by atoms with van der Waals surface area (Å²) in [6.45, 7) is -0.336. The Morgan fingerprint density at radius 2 is 2.19 bits per heavy atom. The standard InChI is InChI=1S/C18H18F5N5O3S/c1-8-26-12(13(31-8)18(21,22)23)14(29)27-9-3-4-25-11(5-9)17(2)6-10(7-30-15(19)20)32-16(24)28-17/h3-5,10,15H,6-7H2,1-2H3,(H2,24,28)(H,25,27,29)/t10-,17-/m0/s1. The van der Waals surface area contributed by atoms with Crippen LogP contribution < -0.4 is 11.1 Å². The number of nitrogens with zero attached hydrogens (tertiary/aromatic N) is 3. The Kier molecular flexibility index (Phi) is 6.74. The highest BCUT2D eigenvalue weighted by molar-refractivity contribution is 8.14. The molecule has 0 fully saturated rings. The van der Waals surface area contributed by atoms with Crippen LogP contribution in [0.25, 0.3) is 0 Å². The van der Waals surface area contributed by atoms with Crippen LogP contribution in [0.4, 0.5) is 27.6 Å². The molecule has 3 rings (SSSR count). The van der Waals surface area contributed by atoms with Gasteiger partial charge in [0.05, 0.1) is 12.3 Å². The maximum atomic E-state index is 13.1. The summed E-state index contributed by atoms with van der Waals surface area (Å²) in [5.74, 6) is -2.94. The number of rotatable bonds is 6. The highest BCUT2D eigenvalue weighted by Gasteiger charge is 2.41. The number of anilines is 1. The number of thioether (sulfide) groups is 1. The maximum absolute atomic E-state index is 13.1. The average Bonchev–Trinajstić information content (AvgIpc) is 3.08. The number of halogens is 5. The molecule has 1 amide bonds. The first kappa shape index (κ1) is 23.9. The van der Waals surface area contributed by atoms with Crippen LogP contribution in [0.5, 0.6) is 0 Å². The first-order chi connectivity index (χ1) is 14.9. The summed E-state index contributed by atoms with van der Waals surface area (Å²) in [5, 5.41) is 2.05. The number of carbonyl (C=O) groups is 1. The second-order valence-electron chi connectivity index (χ2n) is 7.05. The van der Waals surface area contributed by atoms with Crippen LogP contribution in [-0.2, 0) is 16.5 Å². The lowest BCUT2D eigenvalue weighted by atomic mass is 9.91. The van der Waals surface area contributed by atoms with Crippen molar-refractivity contribution in [2.75, 3.05) is 11.9 Å². The molecule has 2 aromatic heterocycles. The van der Waals surface area contributed by atoms with E-state index in [-0.39, 0.29) is 29.8 Å². The zero-order valence-corrected chi connectivity index (χ0v) is 17.6. The van der Waals surface area contributed by atoms with E-state index in [1.54, 1.807) is 6.92 Å². The molecule has 1 aliphatic rings. The minimum Gasteiger partial charge on any atom is -0.436 e. The molecule has 0 unspecified atom stereocenters. The van der Waals surface area contributed by atoms with Crippen molar-refractivity contribution in [3.63, 3.8) is 0 Å². The van der Waals surface area contributed by atoms with Crippen LogP contribution in [0.2, 0.25) is 0 Å². The number of nitrogens with one attached hydrogen (secondary N) is 1. The number of hydrogen-bond donors (Lipinski definition) is 2. The van der Waals surface area contributed by atoms with E-state index in [9.17, 15) is 26.7 Å². The van der Waals surface area contributed by atoms with Crippen molar-refractivity contribution < 1.29 is 35.9 Å². The van der Waals surface area contributed by atoms with Gasteiger partial charge in [0.2, 0.25) is 5.76 Å². The Balaban J connectivity index is 1.83. The zero-order chi connectivity index (χ0) is 23.7. The van der Waals surface area contributed by atoms with Crippen LogP contribution >= 0.6 is 11.8 Å². The number of ether oxygens (including phenoxy) is 1. The number of alkyl halides is 5. The summed E-state index contributed by atoms with van der Waals surface area (Å²) in [5.41, 5.74) is 4.36. The van der Waals surface area contributed by atoms with Gasteiger partial charge in [-0.15, -0.1) is 0 Å². The summed E-state index contributed by atoms with van der Waals surface area (Å²) < 4.78 is 73.0. The maximum Gasteiger partial charge on any atom is 0.452 e. The fourth-order valence-corrected chi connectivity index (χ4v) is 4.32. The van der Waals surface area contributed by atoms with E-state index >= 15 is 0 Å². The van der Waals surface area contributed by atoms with Crippen molar-refractivity contribution >= 4 is 28.5 Å². The molecule has 0 bridgehead atoms. The van der Waals surface area contributed by atoms with Gasteiger partial charge in [0.1, 0.15) is 5.54 Å². The largest absolute Gasteiger partial charge is 0.452 e. The SMILES string of the molecule is Cc1nc(C(=O)Nc2ccnc([C@]3(C)C[C@@H](COC(F)F)SC(N)=N3)c2)c(C(F)(F)F)o1. The number of hydrogen-bond acceptors (Lipinski definition) is 8. The van der Waals surface area contributed by atoms with E-state index in [2.05, 4.69) is 29.4 Å². The number of pyridine rings is 1. The number of aryl methyl sites for hydroxylation is 1. The molecular formula is C18H18F5N5O3S. The molecule has 14 heteroatoms. The van der Waals surface area contributed by atoms with Gasteiger partial charge in [0, 0.05) is 24.1 Å². The third-order valence-corrected chi connectivity index (χ3v) is 5.42. The zero-order valence-electron chi connectivity index (χ0n) is 16.7. The van der Waals surface area contributed by atoms with E-state index in [0.717, 1.165) is 11.8 Å². The molecular weight excluding hydrogens is 461 g/mol. The molecule has 174 valence electrons. The minimum atomic E-state index is -4.90. The predicted octanol–water partition coefficient (Wildman–Crippen LogP) is 3.92. The molecule has 32 heavy (non-hydrogen) atoms. The Morgan fingerprint density at radius 1 is 1.47 bits per heavy atom. The molecule has 0 spiro atoms. The second kappa shape index (κ2) is 9.02. The van der Waals surface area contributed by atoms with Crippen molar-refractivity contribution in [1.29, 1.82) is 0 Å². The van der Waals surface area contributed by atoms with Crippen LogP contribution in [0, 0.1) is 6.92 Å². The van der Waals surface area contributed by atoms with E-state index < -0.39 is 40.9 Å². The number of oxazole rings is 1. The first-order valence-electron chi connectivity index (χ1n) is 9.11. The lowest BCUT2D eigenvalue weighted by Gasteiger charge is -2.33. The van der Waals surface area contributed by atoms with Crippen LogP contribution in [0.3, 0.4) is 0 Å². The number of aromatic nitrogens is 2. The smallest absolute Gasteiger partial charge is 0.436 e. The Labute approximate surface area is 182 Å². The van der Waals surface area contributed by atoms with Gasteiger partial charge < -0.3 is 20.2 Å². The quantitative estimate of drug-likeness (QED) is 0.604. The third kappa shape index (κ3) is 5.54. The molecule has 0 saturated heterocycles. The number of carbonyl (C=O) groups excluding carboxylic acids is 1. The van der Waals surface area contributed by atoms with Crippen molar-refractivity contribution in [2.45, 2.75) is 43.8 Å². The molecule has 8 nitrogen and oxygen atoms in total. The minimum absolute atomic E-state index is 0.127. The summed E-state index contributed by atoms with van der Waals surface area (Å²) >= 11 is 1.09. The van der Waals surface area contributed by atoms with Gasteiger partial charge >= 0.3 is 12.8 Å². The Bertz CT molecular complexity index is 1030.